The van der Waals surface area contributed by atoms with Gasteiger partial charge in [-0.1, -0.05) is 65.8 Å². The third-order valence-electron chi connectivity index (χ3n) is 2.69. The molecule has 0 aliphatic rings. The summed E-state index contributed by atoms with van der Waals surface area (Å²) < 4.78 is 0. The molecule has 0 fully saturated rings. The van der Waals surface area contributed by atoms with Gasteiger partial charge in [0.1, 0.15) is 12.1 Å². The van der Waals surface area contributed by atoms with Gasteiger partial charge in [0.2, 0.25) is 0 Å². The summed E-state index contributed by atoms with van der Waals surface area (Å²) in [5, 5.41) is 13.2. The second kappa shape index (κ2) is 5.37. The summed E-state index contributed by atoms with van der Waals surface area (Å²) in [5.41, 5.74) is 1.42. The van der Waals surface area contributed by atoms with Crippen LogP contribution in [0.5, 0.6) is 0 Å². The van der Waals surface area contributed by atoms with Gasteiger partial charge in [-0.15, -0.1) is 0 Å². The monoisotopic (exact) mass is 227 g/mol. The van der Waals surface area contributed by atoms with Gasteiger partial charge in [0.05, 0.1) is 0 Å². The van der Waals surface area contributed by atoms with Crippen LogP contribution >= 0.6 is 0 Å². The summed E-state index contributed by atoms with van der Waals surface area (Å²) in [7, 11) is 0. The van der Waals surface area contributed by atoms with Crippen LogP contribution in [0.15, 0.2) is 65.8 Å². The van der Waals surface area contributed by atoms with Gasteiger partial charge in [0, 0.05) is 0 Å². The molecule has 0 radical (unpaired) electrons. The fourth-order valence-electron chi connectivity index (χ4n) is 1.78. The normalized spacial score (nSPS) is 13.9. The Labute approximate surface area is 99.7 Å². The van der Waals surface area contributed by atoms with E-state index < -0.39 is 12.1 Å². The molecular formula is C14H13NO2. The summed E-state index contributed by atoms with van der Waals surface area (Å²) in [6.07, 6.45) is -0.906. The molecule has 0 unspecified atom stereocenters. The fraction of sp³-hybridized carbons (Fsp3) is 0.143. The number of rotatable bonds is 4. The molecule has 17 heavy (non-hydrogen) atoms. The van der Waals surface area contributed by atoms with Crippen LogP contribution in [0, 0.1) is 4.91 Å². The molecular weight excluding hydrogens is 214 g/mol. The van der Waals surface area contributed by atoms with Gasteiger partial charge in [-0.2, -0.15) is 4.91 Å². The number of benzene rings is 2. The molecule has 1 N–H and O–H groups in total. The Hall–Kier alpha value is -2.00. The van der Waals surface area contributed by atoms with Crippen LogP contribution in [0.3, 0.4) is 0 Å². The molecule has 86 valence electrons. The molecule has 0 bridgehead atoms. The topological polar surface area (TPSA) is 49.7 Å². The quantitative estimate of drug-likeness (QED) is 0.815. The van der Waals surface area contributed by atoms with Gasteiger partial charge in [-0.3, -0.25) is 0 Å². The molecule has 2 aromatic rings. The Balaban J connectivity index is 2.28. The molecule has 0 spiro atoms. The van der Waals surface area contributed by atoms with Crippen LogP contribution in [-0.4, -0.2) is 5.11 Å². The van der Waals surface area contributed by atoms with E-state index in [1.54, 1.807) is 24.3 Å². The van der Waals surface area contributed by atoms with E-state index in [0.29, 0.717) is 5.56 Å². The first-order chi connectivity index (χ1) is 8.33. The van der Waals surface area contributed by atoms with Gasteiger partial charge < -0.3 is 5.11 Å². The number of nitroso groups, excluding NO2 is 1. The summed E-state index contributed by atoms with van der Waals surface area (Å²) in [5.74, 6) is 0. The van der Waals surface area contributed by atoms with E-state index in [2.05, 4.69) is 5.18 Å². The minimum Gasteiger partial charge on any atom is -0.386 e. The van der Waals surface area contributed by atoms with Gasteiger partial charge in [0.25, 0.3) is 0 Å². The molecule has 2 atom stereocenters. The maximum atomic E-state index is 10.9. The largest absolute Gasteiger partial charge is 0.386 e. The summed E-state index contributed by atoms with van der Waals surface area (Å²) in [6.45, 7) is 0. The van der Waals surface area contributed by atoms with Gasteiger partial charge in [-0.05, 0) is 11.1 Å². The van der Waals surface area contributed by atoms with Crippen molar-refractivity contribution in [3.8, 4) is 0 Å². The molecule has 0 aliphatic heterocycles. The third kappa shape index (κ3) is 2.57. The van der Waals surface area contributed by atoms with Crippen molar-refractivity contribution >= 4 is 0 Å². The van der Waals surface area contributed by atoms with Crippen LogP contribution in [0.25, 0.3) is 0 Å². The molecule has 3 heteroatoms. The lowest BCUT2D eigenvalue weighted by Gasteiger charge is -2.16. The highest BCUT2D eigenvalue weighted by Gasteiger charge is 2.23. The third-order valence-corrected chi connectivity index (χ3v) is 2.69. The van der Waals surface area contributed by atoms with E-state index >= 15 is 0 Å². The van der Waals surface area contributed by atoms with E-state index in [1.165, 1.54) is 0 Å². The van der Waals surface area contributed by atoms with E-state index in [1.807, 2.05) is 36.4 Å². The first-order valence-corrected chi connectivity index (χ1v) is 5.43. The second-order valence-electron chi connectivity index (χ2n) is 3.82. The summed E-state index contributed by atoms with van der Waals surface area (Å²) in [4.78, 5) is 10.9. The maximum Gasteiger partial charge on any atom is 0.147 e. The van der Waals surface area contributed by atoms with Crippen molar-refractivity contribution in [1.82, 2.24) is 0 Å². The Morgan fingerprint density at radius 3 is 1.76 bits per heavy atom. The van der Waals surface area contributed by atoms with Crippen molar-refractivity contribution in [2.24, 2.45) is 5.18 Å². The number of aliphatic hydroxyl groups is 1. The van der Waals surface area contributed by atoms with Crippen LogP contribution < -0.4 is 0 Å². The Morgan fingerprint density at radius 1 is 0.824 bits per heavy atom. The highest BCUT2D eigenvalue weighted by atomic mass is 16.3. The molecule has 0 saturated carbocycles. The number of hydrogen-bond acceptors (Lipinski definition) is 3. The first kappa shape index (κ1) is 11.5. The van der Waals surface area contributed by atoms with Crippen LogP contribution in [0.1, 0.15) is 23.3 Å². The van der Waals surface area contributed by atoms with E-state index in [9.17, 15) is 10.0 Å². The standard InChI is InChI=1S/C14H13NO2/c16-14(12-9-5-2-6-10-12)13(15-17)11-7-3-1-4-8-11/h1-10,13-14,16H/t13-,14+/m0/s1. The number of nitrogens with zero attached hydrogens (tertiary/aromatic N) is 1. The zero-order valence-electron chi connectivity index (χ0n) is 9.23. The van der Waals surface area contributed by atoms with Crippen molar-refractivity contribution in [2.75, 3.05) is 0 Å². The second-order valence-corrected chi connectivity index (χ2v) is 3.82. The summed E-state index contributed by atoms with van der Waals surface area (Å²) >= 11 is 0. The first-order valence-electron chi connectivity index (χ1n) is 5.43. The average Bonchev–Trinajstić information content (AvgIpc) is 2.42. The Bertz CT molecular complexity index is 470. The van der Waals surface area contributed by atoms with E-state index in [0.717, 1.165) is 5.56 Å². The Kier molecular flexibility index (Phi) is 3.62. The highest BCUT2D eigenvalue weighted by molar-refractivity contribution is 5.26. The Morgan fingerprint density at radius 2 is 1.29 bits per heavy atom. The minimum absolute atomic E-state index is 0.695. The lowest BCUT2D eigenvalue weighted by molar-refractivity contribution is 0.147. The lowest BCUT2D eigenvalue weighted by Crippen LogP contribution is -2.08. The fourth-order valence-corrected chi connectivity index (χ4v) is 1.78. The predicted molar refractivity (Wildman–Crippen MR) is 66.4 cm³/mol. The molecule has 0 amide bonds. The van der Waals surface area contributed by atoms with Crippen molar-refractivity contribution in [3.63, 3.8) is 0 Å². The number of aliphatic hydroxyl groups excluding tert-OH is 1. The molecule has 2 rings (SSSR count). The molecule has 3 nitrogen and oxygen atoms in total. The minimum atomic E-state index is -0.906. The highest BCUT2D eigenvalue weighted by Crippen LogP contribution is 2.31. The van der Waals surface area contributed by atoms with Gasteiger partial charge in [-0.25, -0.2) is 0 Å². The van der Waals surface area contributed by atoms with E-state index in [-0.39, 0.29) is 0 Å². The molecule has 0 saturated heterocycles. The molecule has 0 aliphatic carbocycles. The van der Waals surface area contributed by atoms with Gasteiger partial charge in [0.15, 0.2) is 0 Å². The SMILES string of the molecule is O=N[C@@H](c1ccccc1)[C@H](O)c1ccccc1. The van der Waals surface area contributed by atoms with Crippen LogP contribution in [-0.2, 0) is 0 Å². The molecule has 2 aromatic carbocycles. The smallest absolute Gasteiger partial charge is 0.147 e. The van der Waals surface area contributed by atoms with Crippen molar-refractivity contribution in [1.29, 1.82) is 0 Å². The van der Waals surface area contributed by atoms with Crippen LogP contribution in [0.4, 0.5) is 0 Å². The van der Waals surface area contributed by atoms with Crippen molar-refractivity contribution < 1.29 is 5.11 Å². The summed E-state index contributed by atoms with van der Waals surface area (Å²) in [6, 6.07) is 17.4. The van der Waals surface area contributed by atoms with Crippen LogP contribution in [0.2, 0.25) is 0 Å². The van der Waals surface area contributed by atoms with Crippen molar-refractivity contribution in [3.05, 3.63) is 76.7 Å². The predicted octanol–water partition coefficient (Wildman–Crippen LogP) is 3.23. The van der Waals surface area contributed by atoms with E-state index in [4.69, 9.17) is 0 Å². The maximum absolute atomic E-state index is 10.9. The number of hydrogen-bond donors (Lipinski definition) is 1. The van der Waals surface area contributed by atoms with Gasteiger partial charge >= 0.3 is 0 Å². The van der Waals surface area contributed by atoms with Crippen molar-refractivity contribution in [2.45, 2.75) is 12.1 Å². The average molecular weight is 227 g/mol. The lowest BCUT2D eigenvalue weighted by atomic mass is 9.97. The zero-order chi connectivity index (χ0) is 12.1. The zero-order valence-corrected chi connectivity index (χ0v) is 9.23. The molecule has 0 aromatic heterocycles. The molecule has 0 heterocycles.